The zero-order valence-electron chi connectivity index (χ0n) is 20.3. The molecule has 1 saturated heterocycles. The van der Waals surface area contributed by atoms with Crippen LogP contribution in [0.5, 0.6) is 5.75 Å². The van der Waals surface area contributed by atoms with E-state index in [1.807, 2.05) is 12.1 Å². The first-order chi connectivity index (χ1) is 14.4. The molecule has 1 fully saturated rings. The maximum absolute atomic E-state index is 11.5. The normalized spacial score (nSPS) is 15.9. The summed E-state index contributed by atoms with van der Waals surface area (Å²) in [7, 11) is 0. The van der Waals surface area contributed by atoms with Gasteiger partial charge in [-0.25, -0.2) is 0 Å². The third kappa shape index (κ3) is 5.48. The van der Waals surface area contributed by atoms with Gasteiger partial charge in [0.1, 0.15) is 12.3 Å². The summed E-state index contributed by atoms with van der Waals surface area (Å²) in [6, 6.07) is 12.4. The summed E-state index contributed by atoms with van der Waals surface area (Å²) >= 11 is 0. The van der Waals surface area contributed by atoms with E-state index < -0.39 is 0 Å². The fraction of sp³-hybridized carbons (Fsp3) is 0.519. The SMILES string of the molecule is CC(=O)c1ccc(N2CC[NH+](Cc3cc(C(C)(C)C)c(O)c(C(C)(C)C)c3)CC2)cc1. The molecule has 31 heavy (non-hydrogen) atoms. The third-order valence-corrected chi connectivity index (χ3v) is 6.35. The summed E-state index contributed by atoms with van der Waals surface area (Å²) in [5, 5.41) is 11.0. The minimum absolute atomic E-state index is 0.0971. The second-order valence-electron chi connectivity index (χ2n) is 11.1. The Hall–Kier alpha value is -2.33. The Morgan fingerprint density at radius 3 is 1.84 bits per heavy atom. The zero-order chi connectivity index (χ0) is 23.0. The molecule has 4 heteroatoms. The van der Waals surface area contributed by atoms with Crippen molar-refractivity contribution in [1.29, 1.82) is 0 Å². The van der Waals surface area contributed by atoms with Gasteiger partial charge < -0.3 is 14.9 Å². The van der Waals surface area contributed by atoms with E-state index in [1.54, 1.807) is 11.8 Å². The van der Waals surface area contributed by atoms with E-state index in [9.17, 15) is 9.90 Å². The number of hydrogen-bond donors (Lipinski definition) is 2. The van der Waals surface area contributed by atoms with Crippen LogP contribution in [0.4, 0.5) is 5.69 Å². The molecule has 0 unspecified atom stereocenters. The Labute approximate surface area is 187 Å². The van der Waals surface area contributed by atoms with Crippen molar-refractivity contribution in [1.82, 2.24) is 0 Å². The summed E-state index contributed by atoms with van der Waals surface area (Å²) in [5.41, 5.74) is 5.16. The quantitative estimate of drug-likeness (QED) is 0.728. The van der Waals surface area contributed by atoms with Gasteiger partial charge in [-0.15, -0.1) is 0 Å². The highest BCUT2D eigenvalue weighted by Crippen LogP contribution is 2.39. The van der Waals surface area contributed by atoms with Crippen LogP contribution in [-0.4, -0.2) is 37.1 Å². The van der Waals surface area contributed by atoms with E-state index in [0.717, 1.165) is 49.4 Å². The number of rotatable bonds is 4. The molecule has 0 aromatic heterocycles. The smallest absolute Gasteiger partial charge is 0.159 e. The van der Waals surface area contributed by atoms with Gasteiger partial charge in [0.2, 0.25) is 0 Å². The lowest BCUT2D eigenvalue weighted by molar-refractivity contribution is -0.914. The van der Waals surface area contributed by atoms with Crippen molar-refractivity contribution < 1.29 is 14.8 Å². The molecule has 4 nitrogen and oxygen atoms in total. The topological polar surface area (TPSA) is 45.0 Å². The van der Waals surface area contributed by atoms with Crippen LogP contribution < -0.4 is 9.80 Å². The Bertz CT molecular complexity index is 890. The molecule has 0 amide bonds. The Kier molecular flexibility index (Phi) is 6.52. The van der Waals surface area contributed by atoms with Crippen molar-refractivity contribution in [3.05, 3.63) is 58.7 Å². The summed E-state index contributed by atoms with van der Waals surface area (Å²) < 4.78 is 0. The Morgan fingerprint density at radius 1 is 0.935 bits per heavy atom. The number of quaternary nitrogens is 1. The van der Waals surface area contributed by atoms with Gasteiger partial charge in [0.05, 0.1) is 26.2 Å². The maximum Gasteiger partial charge on any atom is 0.159 e. The van der Waals surface area contributed by atoms with Gasteiger partial charge >= 0.3 is 0 Å². The first kappa shape index (κ1) is 23.3. The van der Waals surface area contributed by atoms with Gasteiger partial charge in [0.15, 0.2) is 5.78 Å². The van der Waals surface area contributed by atoms with Gasteiger partial charge in [-0.3, -0.25) is 4.79 Å². The molecule has 0 spiro atoms. The lowest BCUT2D eigenvalue weighted by Crippen LogP contribution is -3.13. The van der Waals surface area contributed by atoms with Crippen LogP contribution in [0.1, 0.15) is 75.5 Å². The molecule has 1 aliphatic rings. The number of anilines is 1. The highest BCUT2D eigenvalue weighted by molar-refractivity contribution is 5.94. The number of ketones is 1. The molecule has 0 saturated carbocycles. The fourth-order valence-electron chi connectivity index (χ4n) is 4.39. The maximum atomic E-state index is 11.5. The number of Topliss-reactive ketones (excluding diaryl/α,β-unsaturated/α-hetero) is 1. The van der Waals surface area contributed by atoms with Gasteiger partial charge in [0.25, 0.3) is 0 Å². The number of phenolic OH excluding ortho intramolecular Hbond substituents is 1. The van der Waals surface area contributed by atoms with Crippen molar-refractivity contribution in [3.63, 3.8) is 0 Å². The lowest BCUT2D eigenvalue weighted by Gasteiger charge is -2.34. The van der Waals surface area contributed by atoms with Gasteiger partial charge in [-0.05, 0) is 54.2 Å². The molecule has 0 aliphatic carbocycles. The van der Waals surface area contributed by atoms with Crippen LogP contribution in [0.2, 0.25) is 0 Å². The third-order valence-electron chi connectivity index (χ3n) is 6.35. The molecule has 0 atom stereocenters. The number of nitrogens with one attached hydrogen (secondary N) is 1. The van der Waals surface area contributed by atoms with Crippen LogP contribution >= 0.6 is 0 Å². The summed E-state index contributed by atoms with van der Waals surface area (Å²) in [4.78, 5) is 15.5. The number of aromatic hydroxyl groups is 1. The molecule has 2 aromatic rings. The van der Waals surface area contributed by atoms with Gasteiger partial charge in [-0.2, -0.15) is 0 Å². The monoisotopic (exact) mass is 423 g/mol. The Balaban J connectivity index is 1.73. The largest absolute Gasteiger partial charge is 0.507 e. The molecule has 0 radical (unpaired) electrons. The van der Waals surface area contributed by atoms with E-state index in [4.69, 9.17) is 0 Å². The van der Waals surface area contributed by atoms with Crippen LogP contribution in [0, 0.1) is 0 Å². The number of carbonyl (C=O) groups is 1. The van der Waals surface area contributed by atoms with E-state index in [2.05, 4.69) is 70.7 Å². The average Bonchev–Trinajstić information content (AvgIpc) is 2.68. The minimum Gasteiger partial charge on any atom is -0.507 e. The van der Waals surface area contributed by atoms with Crippen molar-refractivity contribution >= 4 is 11.5 Å². The highest BCUT2D eigenvalue weighted by Gasteiger charge is 2.28. The lowest BCUT2D eigenvalue weighted by atomic mass is 9.78. The number of piperazine rings is 1. The average molecular weight is 424 g/mol. The van der Waals surface area contributed by atoms with Crippen molar-refractivity contribution in [2.45, 2.75) is 65.8 Å². The fourth-order valence-corrected chi connectivity index (χ4v) is 4.39. The molecule has 168 valence electrons. The van der Waals surface area contributed by atoms with Crippen LogP contribution in [0.3, 0.4) is 0 Å². The van der Waals surface area contributed by atoms with E-state index >= 15 is 0 Å². The molecule has 1 aliphatic heterocycles. The molecular formula is C27H39N2O2+. The van der Waals surface area contributed by atoms with Crippen LogP contribution in [-0.2, 0) is 17.4 Å². The second-order valence-corrected chi connectivity index (χ2v) is 11.1. The van der Waals surface area contributed by atoms with E-state index in [0.29, 0.717) is 5.75 Å². The predicted molar refractivity (Wildman–Crippen MR) is 129 cm³/mol. The number of benzene rings is 2. The number of nitrogens with zero attached hydrogens (tertiary/aromatic N) is 1. The zero-order valence-corrected chi connectivity index (χ0v) is 20.3. The van der Waals surface area contributed by atoms with Crippen molar-refractivity contribution in [2.75, 3.05) is 31.1 Å². The Morgan fingerprint density at radius 2 is 1.42 bits per heavy atom. The summed E-state index contributed by atoms with van der Waals surface area (Å²) in [6.45, 7) is 19.8. The molecule has 1 heterocycles. The first-order valence-corrected chi connectivity index (χ1v) is 11.4. The predicted octanol–water partition coefficient (Wildman–Crippen LogP) is 4.09. The molecular weight excluding hydrogens is 384 g/mol. The minimum atomic E-state index is -0.0971. The van der Waals surface area contributed by atoms with Crippen LogP contribution in [0.15, 0.2) is 36.4 Å². The standard InChI is InChI=1S/C27H38N2O2/c1-19(30)21-8-10-22(11-9-21)29-14-12-28(13-15-29)18-20-16-23(26(2,3)4)25(31)24(17-20)27(5,6)7/h8-11,16-17,31H,12-15,18H2,1-7H3/p+1. The second kappa shape index (κ2) is 8.66. The first-order valence-electron chi connectivity index (χ1n) is 11.4. The number of phenols is 1. The molecule has 3 rings (SSSR count). The number of hydrogen-bond acceptors (Lipinski definition) is 3. The highest BCUT2D eigenvalue weighted by atomic mass is 16.3. The molecule has 0 bridgehead atoms. The van der Waals surface area contributed by atoms with Gasteiger partial charge in [-0.1, -0.05) is 41.5 Å². The van der Waals surface area contributed by atoms with Crippen molar-refractivity contribution in [2.24, 2.45) is 0 Å². The number of carbonyl (C=O) groups excluding carboxylic acids is 1. The molecule has 2 aromatic carbocycles. The van der Waals surface area contributed by atoms with Gasteiger partial charge in [0, 0.05) is 27.9 Å². The molecule has 2 N–H and O–H groups in total. The van der Waals surface area contributed by atoms with Crippen molar-refractivity contribution in [3.8, 4) is 5.75 Å². The van der Waals surface area contributed by atoms with Crippen LogP contribution in [0.25, 0.3) is 0 Å². The van der Waals surface area contributed by atoms with E-state index in [-0.39, 0.29) is 16.6 Å². The summed E-state index contributed by atoms with van der Waals surface area (Å²) in [5.74, 6) is 0.566. The summed E-state index contributed by atoms with van der Waals surface area (Å²) in [6.07, 6.45) is 0. The van der Waals surface area contributed by atoms with E-state index in [1.165, 1.54) is 11.3 Å².